The highest BCUT2D eigenvalue weighted by Crippen LogP contribution is 2.25. The van der Waals surface area contributed by atoms with E-state index in [9.17, 15) is 0 Å². The minimum Gasteiger partial charge on any atom is -0.375 e. The highest BCUT2D eigenvalue weighted by molar-refractivity contribution is 4.74. The summed E-state index contributed by atoms with van der Waals surface area (Å²) in [4.78, 5) is 0. The molecule has 2 heteroatoms. The SMILES string of the molecule is C1CC(O[C@H]2CCCNCC2)C1. The maximum Gasteiger partial charge on any atom is 0.0591 e. The van der Waals surface area contributed by atoms with Crippen molar-refractivity contribution in [1.29, 1.82) is 0 Å². The normalized spacial score (nSPS) is 32.5. The van der Waals surface area contributed by atoms with E-state index in [-0.39, 0.29) is 0 Å². The van der Waals surface area contributed by atoms with E-state index >= 15 is 0 Å². The largest absolute Gasteiger partial charge is 0.375 e. The molecule has 1 saturated carbocycles. The standard InChI is InChI=1S/C10H19NO/c1-3-9(4-1)12-10-5-2-7-11-8-6-10/h9-11H,1-8H2/t10-/m0/s1. The third-order valence-corrected chi connectivity index (χ3v) is 2.96. The zero-order valence-electron chi connectivity index (χ0n) is 7.72. The minimum atomic E-state index is 0.560. The first-order valence-corrected chi connectivity index (χ1v) is 5.31. The van der Waals surface area contributed by atoms with Gasteiger partial charge in [0.05, 0.1) is 12.2 Å². The molecule has 0 aromatic heterocycles. The second kappa shape index (κ2) is 4.24. The van der Waals surface area contributed by atoms with Crippen molar-refractivity contribution in [3.05, 3.63) is 0 Å². The van der Waals surface area contributed by atoms with E-state index in [1.54, 1.807) is 0 Å². The molecule has 1 saturated heterocycles. The number of hydrogen-bond acceptors (Lipinski definition) is 2. The Morgan fingerprint density at radius 1 is 0.833 bits per heavy atom. The first-order chi connectivity index (χ1) is 5.95. The Hall–Kier alpha value is -0.0800. The predicted molar refractivity (Wildman–Crippen MR) is 49.2 cm³/mol. The van der Waals surface area contributed by atoms with Crippen molar-refractivity contribution in [2.24, 2.45) is 0 Å². The van der Waals surface area contributed by atoms with Gasteiger partial charge in [0, 0.05) is 0 Å². The Balaban J connectivity index is 1.69. The van der Waals surface area contributed by atoms with Gasteiger partial charge < -0.3 is 10.1 Å². The van der Waals surface area contributed by atoms with E-state index in [0.717, 1.165) is 6.54 Å². The van der Waals surface area contributed by atoms with Gasteiger partial charge in [0.15, 0.2) is 0 Å². The van der Waals surface area contributed by atoms with Crippen molar-refractivity contribution < 1.29 is 4.74 Å². The van der Waals surface area contributed by atoms with Crippen molar-refractivity contribution in [3.63, 3.8) is 0 Å². The molecule has 0 spiro atoms. The average molecular weight is 169 g/mol. The molecule has 0 aromatic rings. The molecule has 1 aliphatic heterocycles. The molecular weight excluding hydrogens is 150 g/mol. The lowest BCUT2D eigenvalue weighted by Gasteiger charge is -2.30. The fourth-order valence-electron chi connectivity index (χ4n) is 1.90. The topological polar surface area (TPSA) is 21.3 Å². The number of ether oxygens (including phenoxy) is 1. The summed E-state index contributed by atoms with van der Waals surface area (Å²) in [7, 11) is 0. The molecule has 2 aliphatic rings. The summed E-state index contributed by atoms with van der Waals surface area (Å²) in [5.41, 5.74) is 0. The molecule has 2 rings (SSSR count). The lowest BCUT2D eigenvalue weighted by atomic mass is 9.95. The van der Waals surface area contributed by atoms with Crippen LogP contribution in [0.2, 0.25) is 0 Å². The molecule has 2 fully saturated rings. The van der Waals surface area contributed by atoms with Crippen LogP contribution in [0.4, 0.5) is 0 Å². The molecule has 0 aromatic carbocycles. The van der Waals surface area contributed by atoms with Gasteiger partial charge in [-0.05, 0) is 51.6 Å². The van der Waals surface area contributed by atoms with Crippen molar-refractivity contribution in [1.82, 2.24) is 5.32 Å². The Labute approximate surface area is 74.7 Å². The van der Waals surface area contributed by atoms with Crippen LogP contribution < -0.4 is 5.32 Å². The Bertz CT molecular complexity index is 126. The first kappa shape index (κ1) is 8.52. The lowest BCUT2D eigenvalue weighted by Crippen LogP contribution is -2.28. The highest BCUT2D eigenvalue weighted by atomic mass is 16.5. The fourth-order valence-corrected chi connectivity index (χ4v) is 1.90. The van der Waals surface area contributed by atoms with Crippen molar-refractivity contribution >= 4 is 0 Å². The fraction of sp³-hybridized carbons (Fsp3) is 1.00. The first-order valence-electron chi connectivity index (χ1n) is 5.31. The molecule has 1 heterocycles. The zero-order chi connectivity index (χ0) is 8.23. The van der Waals surface area contributed by atoms with Crippen LogP contribution in [0, 0.1) is 0 Å². The monoisotopic (exact) mass is 169 g/mol. The van der Waals surface area contributed by atoms with Crippen LogP contribution in [0.1, 0.15) is 38.5 Å². The van der Waals surface area contributed by atoms with Crippen LogP contribution in [0.5, 0.6) is 0 Å². The molecule has 0 radical (unpaired) electrons. The van der Waals surface area contributed by atoms with Crippen LogP contribution in [0.15, 0.2) is 0 Å². The smallest absolute Gasteiger partial charge is 0.0591 e. The van der Waals surface area contributed by atoms with Crippen LogP contribution in [0.3, 0.4) is 0 Å². The summed E-state index contributed by atoms with van der Waals surface area (Å²) in [6.45, 7) is 2.34. The Kier molecular flexibility index (Phi) is 3.01. The number of rotatable bonds is 2. The van der Waals surface area contributed by atoms with Crippen LogP contribution >= 0.6 is 0 Å². The van der Waals surface area contributed by atoms with Gasteiger partial charge in [-0.1, -0.05) is 0 Å². The van der Waals surface area contributed by atoms with E-state index in [0.29, 0.717) is 12.2 Å². The highest BCUT2D eigenvalue weighted by Gasteiger charge is 2.22. The van der Waals surface area contributed by atoms with Gasteiger partial charge in [-0.2, -0.15) is 0 Å². The van der Waals surface area contributed by atoms with Gasteiger partial charge in [0.1, 0.15) is 0 Å². The maximum absolute atomic E-state index is 5.97. The Morgan fingerprint density at radius 3 is 2.33 bits per heavy atom. The second-order valence-corrected chi connectivity index (χ2v) is 3.99. The molecule has 2 nitrogen and oxygen atoms in total. The van der Waals surface area contributed by atoms with Crippen LogP contribution in [0.25, 0.3) is 0 Å². The van der Waals surface area contributed by atoms with Gasteiger partial charge in [0.2, 0.25) is 0 Å². The quantitative estimate of drug-likeness (QED) is 0.679. The van der Waals surface area contributed by atoms with E-state index in [1.807, 2.05) is 0 Å². The molecule has 0 unspecified atom stereocenters. The predicted octanol–water partition coefficient (Wildman–Crippen LogP) is 1.70. The van der Waals surface area contributed by atoms with E-state index in [2.05, 4.69) is 5.32 Å². The third-order valence-electron chi connectivity index (χ3n) is 2.96. The number of hydrogen-bond donors (Lipinski definition) is 1. The molecule has 1 atom stereocenters. The molecule has 12 heavy (non-hydrogen) atoms. The van der Waals surface area contributed by atoms with E-state index in [1.165, 1.54) is 45.1 Å². The van der Waals surface area contributed by atoms with Gasteiger partial charge in [-0.25, -0.2) is 0 Å². The van der Waals surface area contributed by atoms with Crippen molar-refractivity contribution in [3.8, 4) is 0 Å². The van der Waals surface area contributed by atoms with Gasteiger partial charge in [-0.3, -0.25) is 0 Å². The molecule has 1 N–H and O–H groups in total. The van der Waals surface area contributed by atoms with Crippen LogP contribution in [-0.4, -0.2) is 25.3 Å². The molecule has 0 amide bonds. The summed E-state index contributed by atoms with van der Waals surface area (Å²) in [6.07, 6.45) is 8.96. The summed E-state index contributed by atoms with van der Waals surface area (Å²) in [5.74, 6) is 0. The van der Waals surface area contributed by atoms with E-state index < -0.39 is 0 Å². The van der Waals surface area contributed by atoms with Crippen LogP contribution in [-0.2, 0) is 4.74 Å². The van der Waals surface area contributed by atoms with E-state index in [4.69, 9.17) is 4.74 Å². The number of nitrogens with one attached hydrogen (secondary N) is 1. The van der Waals surface area contributed by atoms with Gasteiger partial charge >= 0.3 is 0 Å². The summed E-state index contributed by atoms with van der Waals surface area (Å²) in [6, 6.07) is 0. The third kappa shape index (κ3) is 2.20. The lowest BCUT2D eigenvalue weighted by molar-refractivity contribution is -0.0551. The second-order valence-electron chi connectivity index (χ2n) is 3.99. The van der Waals surface area contributed by atoms with Crippen molar-refractivity contribution in [2.45, 2.75) is 50.7 Å². The summed E-state index contributed by atoms with van der Waals surface area (Å²) < 4.78 is 5.97. The molecule has 0 bridgehead atoms. The van der Waals surface area contributed by atoms with Crippen molar-refractivity contribution in [2.75, 3.05) is 13.1 Å². The minimum absolute atomic E-state index is 0.560. The van der Waals surface area contributed by atoms with Gasteiger partial charge in [0.25, 0.3) is 0 Å². The average Bonchev–Trinajstić information content (AvgIpc) is 2.24. The maximum atomic E-state index is 5.97. The molecule has 70 valence electrons. The molecular formula is C10H19NO. The Morgan fingerprint density at radius 2 is 1.58 bits per heavy atom. The summed E-state index contributed by atoms with van der Waals surface area (Å²) >= 11 is 0. The van der Waals surface area contributed by atoms with Gasteiger partial charge in [-0.15, -0.1) is 0 Å². The molecule has 1 aliphatic carbocycles. The summed E-state index contributed by atoms with van der Waals surface area (Å²) in [5, 5.41) is 3.41. The zero-order valence-corrected chi connectivity index (χ0v) is 7.72.